The van der Waals surface area contributed by atoms with Gasteiger partial charge in [-0.1, -0.05) is 12.1 Å². The van der Waals surface area contributed by atoms with Gasteiger partial charge in [0.2, 0.25) is 0 Å². The summed E-state index contributed by atoms with van der Waals surface area (Å²) >= 11 is 0. The highest BCUT2D eigenvalue weighted by Crippen LogP contribution is 2.30. The Bertz CT molecular complexity index is 1130. The van der Waals surface area contributed by atoms with Crippen molar-refractivity contribution in [2.75, 3.05) is 19.0 Å². The van der Waals surface area contributed by atoms with Crippen molar-refractivity contribution in [1.29, 1.82) is 0 Å². The van der Waals surface area contributed by atoms with Crippen molar-refractivity contribution in [2.45, 2.75) is 26.5 Å². The van der Waals surface area contributed by atoms with Gasteiger partial charge in [-0.05, 0) is 73.0 Å². The van der Waals surface area contributed by atoms with Crippen LogP contribution in [0.2, 0.25) is 0 Å². The first kappa shape index (κ1) is 24.0. The fourth-order valence-electron chi connectivity index (χ4n) is 3.15. The third-order valence-corrected chi connectivity index (χ3v) is 4.60. The summed E-state index contributed by atoms with van der Waals surface area (Å²) in [5, 5.41) is 2.72. The second kappa shape index (κ2) is 10.8. The van der Waals surface area contributed by atoms with E-state index in [2.05, 4.69) is 5.32 Å². The summed E-state index contributed by atoms with van der Waals surface area (Å²) in [4.78, 5) is 11.6. The van der Waals surface area contributed by atoms with Gasteiger partial charge < -0.3 is 19.5 Å². The van der Waals surface area contributed by atoms with Gasteiger partial charge in [-0.2, -0.15) is 0 Å². The van der Waals surface area contributed by atoms with Crippen LogP contribution in [0.4, 0.5) is 18.9 Å². The zero-order valence-electron chi connectivity index (χ0n) is 18.5. The molecular formula is C25H24F3NO4. The minimum atomic E-state index is -0.972. The molecule has 0 bridgehead atoms. The normalized spacial score (nSPS) is 10.8. The van der Waals surface area contributed by atoms with Crippen LogP contribution in [-0.2, 0) is 16.1 Å². The lowest BCUT2D eigenvalue weighted by atomic mass is 10.0. The highest BCUT2D eigenvalue weighted by atomic mass is 19.1. The molecule has 174 valence electrons. The Hall–Kier alpha value is -3.68. The molecule has 1 N–H and O–H groups in total. The second-order valence-corrected chi connectivity index (χ2v) is 7.50. The van der Waals surface area contributed by atoms with Crippen molar-refractivity contribution in [2.24, 2.45) is 0 Å². The second-order valence-electron chi connectivity index (χ2n) is 7.50. The molecule has 5 nitrogen and oxygen atoms in total. The molecule has 0 saturated carbocycles. The van der Waals surface area contributed by atoms with E-state index in [-0.39, 0.29) is 24.2 Å². The molecule has 3 aromatic carbocycles. The smallest absolute Gasteiger partial charge is 0.344 e. The maximum absolute atomic E-state index is 14.8. The minimum absolute atomic E-state index is 0.0478. The summed E-state index contributed by atoms with van der Waals surface area (Å²) in [6.45, 7) is 2.90. The van der Waals surface area contributed by atoms with Gasteiger partial charge in [-0.25, -0.2) is 18.0 Å². The van der Waals surface area contributed by atoms with E-state index in [0.717, 1.165) is 12.1 Å². The maximum Gasteiger partial charge on any atom is 0.344 e. The number of hydrogen-bond donors (Lipinski definition) is 1. The van der Waals surface area contributed by atoms with Gasteiger partial charge >= 0.3 is 5.97 Å². The molecule has 3 rings (SSSR count). The average molecular weight is 459 g/mol. The van der Waals surface area contributed by atoms with Gasteiger partial charge in [0, 0.05) is 6.54 Å². The fourth-order valence-corrected chi connectivity index (χ4v) is 3.15. The molecule has 0 atom stereocenters. The Labute approximate surface area is 190 Å². The first-order chi connectivity index (χ1) is 15.8. The molecule has 33 heavy (non-hydrogen) atoms. The Morgan fingerprint density at radius 3 is 2.48 bits per heavy atom. The predicted octanol–water partition coefficient (Wildman–Crippen LogP) is 5.72. The monoisotopic (exact) mass is 459 g/mol. The van der Waals surface area contributed by atoms with Crippen LogP contribution >= 0.6 is 0 Å². The maximum atomic E-state index is 14.8. The summed E-state index contributed by atoms with van der Waals surface area (Å²) in [7, 11) is 1.49. The number of esters is 1. The van der Waals surface area contributed by atoms with Crippen LogP contribution < -0.4 is 14.8 Å². The molecule has 3 aromatic rings. The quantitative estimate of drug-likeness (QED) is 0.415. The number of anilines is 1. The zero-order valence-corrected chi connectivity index (χ0v) is 18.5. The predicted molar refractivity (Wildman–Crippen MR) is 119 cm³/mol. The summed E-state index contributed by atoms with van der Waals surface area (Å²) in [6, 6.07) is 13.4. The van der Waals surface area contributed by atoms with Crippen LogP contribution in [0.1, 0.15) is 19.4 Å². The molecule has 0 aliphatic rings. The number of nitrogens with one attached hydrogen (secondary N) is 1. The van der Waals surface area contributed by atoms with E-state index in [0.29, 0.717) is 22.4 Å². The molecule has 0 saturated heterocycles. The van der Waals surface area contributed by atoms with Gasteiger partial charge in [-0.15, -0.1) is 0 Å². The molecule has 0 aromatic heterocycles. The molecule has 0 amide bonds. The number of carbonyl (C=O) groups is 1. The summed E-state index contributed by atoms with van der Waals surface area (Å²) in [6.07, 6.45) is -0.337. The van der Waals surface area contributed by atoms with Crippen LogP contribution in [0.5, 0.6) is 11.5 Å². The van der Waals surface area contributed by atoms with Crippen molar-refractivity contribution in [3.05, 3.63) is 77.6 Å². The van der Waals surface area contributed by atoms with Gasteiger partial charge in [0.05, 0.1) is 13.2 Å². The van der Waals surface area contributed by atoms with E-state index >= 15 is 0 Å². The first-order valence-corrected chi connectivity index (χ1v) is 10.2. The van der Waals surface area contributed by atoms with E-state index in [1.165, 1.54) is 19.2 Å². The van der Waals surface area contributed by atoms with Crippen molar-refractivity contribution >= 4 is 11.7 Å². The van der Waals surface area contributed by atoms with Gasteiger partial charge in [0.1, 0.15) is 23.1 Å². The fraction of sp³-hybridized carbons (Fsp3) is 0.240. The van der Waals surface area contributed by atoms with Crippen molar-refractivity contribution in [3.63, 3.8) is 0 Å². The van der Waals surface area contributed by atoms with Crippen LogP contribution in [0.25, 0.3) is 11.1 Å². The van der Waals surface area contributed by atoms with E-state index in [1.54, 1.807) is 44.2 Å². The van der Waals surface area contributed by atoms with Crippen molar-refractivity contribution in [3.8, 4) is 22.6 Å². The molecule has 0 fully saturated rings. The molecular weight excluding hydrogens is 435 g/mol. The standard InChI is InChI=1S/C25H24F3NO4/c1-15(2)33-23(30)14-32-22-8-7-21(27)25(24(22)28)29-13-16-9-18(12-20(10-16)31-3)17-5-4-6-19(26)11-17/h4-12,15,29H,13-14H2,1-3H3. The number of halogens is 3. The van der Waals surface area contributed by atoms with E-state index < -0.39 is 29.9 Å². The van der Waals surface area contributed by atoms with Crippen LogP contribution in [-0.4, -0.2) is 25.8 Å². The van der Waals surface area contributed by atoms with E-state index in [9.17, 15) is 18.0 Å². The SMILES string of the molecule is COc1cc(CNc2c(F)ccc(OCC(=O)OC(C)C)c2F)cc(-c2cccc(F)c2)c1. The van der Waals surface area contributed by atoms with E-state index in [1.807, 2.05) is 0 Å². The third kappa shape index (κ3) is 6.41. The molecule has 0 heterocycles. The van der Waals surface area contributed by atoms with Crippen LogP contribution in [0, 0.1) is 17.5 Å². The summed E-state index contributed by atoms with van der Waals surface area (Å²) in [5.74, 6) is -2.61. The van der Waals surface area contributed by atoms with Crippen LogP contribution in [0.3, 0.4) is 0 Å². The number of carbonyl (C=O) groups excluding carboxylic acids is 1. The molecule has 0 aliphatic heterocycles. The average Bonchev–Trinajstić information content (AvgIpc) is 2.77. The lowest BCUT2D eigenvalue weighted by molar-refractivity contribution is -0.149. The highest BCUT2D eigenvalue weighted by molar-refractivity contribution is 5.71. The Balaban J connectivity index is 1.79. The van der Waals surface area contributed by atoms with Crippen molar-refractivity contribution < 1.29 is 32.2 Å². The number of methoxy groups -OCH3 is 1. The molecule has 0 aliphatic carbocycles. The summed E-state index contributed by atoms with van der Waals surface area (Å²) in [5.41, 5.74) is 1.57. The Morgan fingerprint density at radius 2 is 1.79 bits per heavy atom. The largest absolute Gasteiger partial charge is 0.497 e. The number of hydrogen-bond acceptors (Lipinski definition) is 5. The summed E-state index contributed by atoms with van der Waals surface area (Å²) < 4.78 is 58.2. The lowest BCUT2D eigenvalue weighted by Gasteiger charge is -2.14. The number of benzene rings is 3. The molecule has 0 unspecified atom stereocenters. The Kier molecular flexibility index (Phi) is 7.82. The highest BCUT2D eigenvalue weighted by Gasteiger charge is 2.17. The van der Waals surface area contributed by atoms with Crippen molar-refractivity contribution in [1.82, 2.24) is 0 Å². The van der Waals surface area contributed by atoms with Gasteiger partial charge in [-0.3, -0.25) is 0 Å². The minimum Gasteiger partial charge on any atom is -0.497 e. The molecule has 8 heteroatoms. The Morgan fingerprint density at radius 1 is 1.00 bits per heavy atom. The zero-order chi connectivity index (χ0) is 24.0. The molecule has 0 spiro atoms. The number of rotatable bonds is 9. The molecule has 0 radical (unpaired) electrons. The van der Waals surface area contributed by atoms with Gasteiger partial charge in [0.25, 0.3) is 0 Å². The number of ether oxygens (including phenoxy) is 3. The topological polar surface area (TPSA) is 56.8 Å². The van der Waals surface area contributed by atoms with E-state index in [4.69, 9.17) is 14.2 Å². The van der Waals surface area contributed by atoms with Gasteiger partial charge in [0.15, 0.2) is 18.2 Å². The lowest BCUT2D eigenvalue weighted by Crippen LogP contribution is -2.19. The third-order valence-electron chi connectivity index (χ3n) is 4.60. The first-order valence-electron chi connectivity index (χ1n) is 10.2. The van der Waals surface area contributed by atoms with Crippen LogP contribution in [0.15, 0.2) is 54.6 Å².